The zero-order chi connectivity index (χ0) is 18.8. The fourth-order valence-electron chi connectivity index (χ4n) is 2.35. The van der Waals surface area contributed by atoms with Crippen molar-refractivity contribution in [3.05, 3.63) is 65.5 Å². The lowest BCUT2D eigenvalue weighted by molar-refractivity contribution is 0.0931. The zero-order valence-corrected chi connectivity index (χ0v) is 15.2. The van der Waals surface area contributed by atoms with Gasteiger partial charge in [0.1, 0.15) is 0 Å². The van der Waals surface area contributed by atoms with Crippen molar-refractivity contribution in [3.63, 3.8) is 0 Å². The van der Waals surface area contributed by atoms with Gasteiger partial charge >= 0.3 is 0 Å². The molecule has 3 N–H and O–H groups in total. The van der Waals surface area contributed by atoms with Crippen LogP contribution in [-0.4, -0.2) is 31.3 Å². The molecule has 0 saturated heterocycles. The summed E-state index contributed by atoms with van der Waals surface area (Å²) in [4.78, 5) is 4.15. The second-order valence-electron chi connectivity index (χ2n) is 6.20. The molecular weight excluding hydrogens is 333 g/mol. The minimum absolute atomic E-state index is 0.309. The van der Waals surface area contributed by atoms with Crippen LogP contribution in [0, 0.1) is 11.7 Å². The van der Waals surface area contributed by atoms with Gasteiger partial charge in [0.15, 0.2) is 17.5 Å². The van der Waals surface area contributed by atoms with E-state index in [9.17, 15) is 9.50 Å². The molecule has 0 saturated carbocycles. The first kappa shape index (κ1) is 19.7. The topological polar surface area (TPSA) is 65.9 Å². The fourth-order valence-corrected chi connectivity index (χ4v) is 2.35. The molecule has 0 aromatic heterocycles. The number of ether oxygens (including phenoxy) is 1. The third-order valence-electron chi connectivity index (χ3n) is 3.83. The molecule has 0 amide bonds. The summed E-state index contributed by atoms with van der Waals surface area (Å²) in [6.07, 6.45) is 0. The Morgan fingerprint density at radius 2 is 1.92 bits per heavy atom. The van der Waals surface area contributed by atoms with Crippen molar-refractivity contribution in [2.24, 2.45) is 10.9 Å². The molecular formula is C20H26FN3O2. The van der Waals surface area contributed by atoms with E-state index in [-0.39, 0.29) is 5.75 Å². The van der Waals surface area contributed by atoms with Crippen LogP contribution >= 0.6 is 0 Å². The van der Waals surface area contributed by atoms with Crippen LogP contribution in [0.5, 0.6) is 5.75 Å². The number of hydrogen-bond acceptors (Lipinski definition) is 3. The quantitative estimate of drug-likeness (QED) is 0.501. The van der Waals surface area contributed by atoms with E-state index in [0.29, 0.717) is 38.2 Å². The van der Waals surface area contributed by atoms with Gasteiger partial charge in [0.25, 0.3) is 0 Å². The predicted octanol–water partition coefficient (Wildman–Crippen LogP) is 3.05. The first-order valence-corrected chi connectivity index (χ1v) is 8.62. The summed E-state index contributed by atoms with van der Waals surface area (Å²) in [7, 11) is 1.68. The van der Waals surface area contributed by atoms with Gasteiger partial charge in [0.2, 0.25) is 0 Å². The Morgan fingerprint density at radius 3 is 2.62 bits per heavy atom. The van der Waals surface area contributed by atoms with Crippen LogP contribution in [0.1, 0.15) is 18.1 Å². The van der Waals surface area contributed by atoms with Gasteiger partial charge in [-0.05, 0) is 29.2 Å². The first-order chi connectivity index (χ1) is 12.6. The fraction of sp³-hybridized carbons (Fsp3) is 0.350. The highest BCUT2D eigenvalue weighted by molar-refractivity contribution is 5.79. The first-order valence-electron chi connectivity index (χ1n) is 8.62. The second kappa shape index (κ2) is 10.4. The number of guanidine groups is 1. The standard InChI is InChI=1S/C20H26FN3O2/c1-15(13-26-14-16-6-4-3-5-7-16)11-23-20(22-2)24-12-17-8-9-19(25)18(21)10-17/h3-10,15,25H,11-14H2,1-2H3,(H2,22,23,24). The lowest BCUT2D eigenvalue weighted by Gasteiger charge is -2.16. The van der Waals surface area contributed by atoms with Crippen molar-refractivity contribution < 1.29 is 14.2 Å². The Morgan fingerprint density at radius 1 is 1.15 bits per heavy atom. The number of phenolic OH excluding ortho intramolecular Hbond substituents is 1. The Bertz CT molecular complexity index is 707. The highest BCUT2D eigenvalue weighted by atomic mass is 19.1. The van der Waals surface area contributed by atoms with Crippen molar-refractivity contribution in [2.45, 2.75) is 20.1 Å². The summed E-state index contributed by atoms with van der Waals surface area (Å²) in [6, 6.07) is 14.4. The molecule has 0 heterocycles. The number of aliphatic imine (C=N–C) groups is 1. The van der Waals surface area contributed by atoms with Gasteiger partial charge in [-0.3, -0.25) is 4.99 Å². The number of hydrogen-bond donors (Lipinski definition) is 3. The average molecular weight is 359 g/mol. The predicted molar refractivity (Wildman–Crippen MR) is 102 cm³/mol. The molecule has 6 heteroatoms. The summed E-state index contributed by atoms with van der Waals surface area (Å²) in [5, 5.41) is 15.6. The molecule has 140 valence electrons. The van der Waals surface area contributed by atoms with E-state index in [2.05, 4.69) is 22.5 Å². The van der Waals surface area contributed by atoms with E-state index in [1.807, 2.05) is 30.3 Å². The maximum absolute atomic E-state index is 13.3. The molecule has 0 spiro atoms. The third kappa shape index (κ3) is 6.72. The van der Waals surface area contributed by atoms with Gasteiger partial charge in [-0.1, -0.05) is 43.3 Å². The molecule has 2 aromatic rings. The van der Waals surface area contributed by atoms with Crippen molar-refractivity contribution in [3.8, 4) is 5.75 Å². The lowest BCUT2D eigenvalue weighted by Crippen LogP contribution is -2.39. The van der Waals surface area contributed by atoms with Gasteiger partial charge in [-0.2, -0.15) is 0 Å². The molecule has 1 unspecified atom stereocenters. The number of aromatic hydroxyl groups is 1. The highest BCUT2D eigenvalue weighted by Gasteiger charge is 2.06. The number of benzene rings is 2. The molecule has 0 radical (unpaired) electrons. The van der Waals surface area contributed by atoms with Crippen molar-refractivity contribution in [1.82, 2.24) is 10.6 Å². The summed E-state index contributed by atoms with van der Waals surface area (Å²) in [6.45, 7) is 4.46. The number of nitrogens with one attached hydrogen (secondary N) is 2. The Kier molecular flexibility index (Phi) is 7.89. The second-order valence-corrected chi connectivity index (χ2v) is 6.20. The molecule has 0 fully saturated rings. The molecule has 5 nitrogen and oxygen atoms in total. The van der Waals surface area contributed by atoms with Crippen LogP contribution in [0.15, 0.2) is 53.5 Å². The summed E-state index contributed by atoms with van der Waals surface area (Å²) >= 11 is 0. The normalized spacial score (nSPS) is 12.7. The molecule has 0 bridgehead atoms. The van der Waals surface area contributed by atoms with E-state index in [1.54, 1.807) is 13.1 Å². The minimum Gasteiger partial charge on any atom is -0.505 e. The Balaban J connectivity index is 1.68. The number of rotatable bonds is 8. The molecule has 2 aromatic carbocycles. The SMILES string of the molecule is CN=C(NCc1ccc(O)c(F)c1)NCC(C)COCc1ccccc1. The number of nitrogens with zero attached hydrogens (tertiary/aromatic N) is 1. The smallest absolute Gasteiger partial charge is 0.191 e. The van der Waals surface area contributed by atoms with E-state index in [4.69, 9.17) is 4.74 Å². The largest absolute Gasteiger partial charge is 0.505 e. The van der Waals surface area contributed by atoms with Crippen LogP contribution < -0.4 is 10.6 Å². The van der Waals surface area contributed by atoms with Crippen molar-refractivity contribution >= 4 is 5.96 Å². The van der Waals surface area contributed by atoms with Crippen LogP contribution in [0.4, 0.5) is 4.39 Å². The van der Waals surface area contributed by atoms with Crippen molar-refractivity contribution in [2.75, 3.05) is 20.2 Å². The van der Waals surface area contributed by atoms with E-state index >= 15 is 0 Å². The lowest BCUT2D eigenvalue weighted by atomic mass is 10.2. The van der Waals surface area contributed by atoms with Gasteiger partial charge in [-0.25, -0.2) is 4.39 Å². The van der Waals surface area contributed by atoms with E-state index < -0.39 is 5.82 Å². The maximum Gasteiger partial charge on any atom is 0.191 e. The average Bonchev–Trinajstić information content (AvgIpc) is 2.65. The van der Waals surface area contributed by atoms with E-state index in [1.165, 1.54) is 12.1 Å². The summed E-state index contributed by atoms with van der Waals surface area (Å²) < 4.78 is 19.1. The molecule has 0 aliphatic heterocycles. The van der Waals surface area contributed by atoms with Crippen LogP contribution in [0.3, 0.4) is 0 Å². The Hall–Kier alpha value is -2.60. The van der Waals surface area contributed by atoms with Crippen molar-refractivity contribution in [1.29, 1.82) is 0 Å². The number of halogens is 1. The summed E-state index contributed by atoms with van der Waals surface area (Å²) in [5.74, 6) is -0.0335. The van der Waals surface area contributed by atoms with Crippen LogP contribution in [0.2, 0.25) is 0 Å². The molecule has 0 aliphatic carbocycles. The van der Waals surface area contributed by atoms with Gasteiger partial charge in [0, 0.05) is 20.1 Å². The zero-order valence-electron chi connectivity index (χ0n) is 15.2. The Labute approximate surface area is 153 Å². The summed E-state index contributed by atoms with van der Waals surface area (Å²) in [5.41, 5.74) is 1.88. The monoisotopic (exact) mass is 359 g/mol. The maximum atomic E-state index is 13.3. The third-order valence-corrected chi connectivity index (χ3v) is 3.83. The molecule has 0 aliphatic rings. The van der Waals surface area contributed by atoms with Crippen LogP contribution in [0.25, 0.3) is 0 Å². The molecule has 1 atom stereocenters. The van der Waals surface area contributed by atoms with Gasteiger partial charge < -0.3 is 20.5 Å². The van der Waals surface area contributed by atoms with Crippen LogP contribution in [-0.2, 0) is 17.9 Å². The highest BCUT2D eigenvalue weighted by Crippen LogP contribution is 2.15. The molecule has 26 heavy (non-hydrogen) atoms. The molecule has 2 rings (SSSR count). The number of phenols is 1. The van der Waals surface area contributed by atoms with Gasteiger partial charge in [-0.15, -0.1) is 0 Å². The minimum atomic E-state index is -0.628. The van der Waals surface area contributed by atoms with Gasteiger partial charge in [0.05, 0.1) is 13.2 Å². The van der Waals surface area contributed by atoms with E-state index in [0.717, 1.165) is 11.1 Å².